The molecule has 0 spiro atoms. The van der Waals surface area contributed by atoms with E-state index in [2.05, 4.69) is 5.32 Å². The summed E-state index contributed by atoms with van der Waals surface area (Å²) in [5.74, 6) is 1.02. The molecule has 7 nitrogen and oxygen atoms in total. The van der Waals surface area contributed by atoms with E-state index >= 15 is 0 Å². The number of nitrogens with zero attached hydrogens (tertiary/aromatic N) is 1. The number of nitrogens with one attached hydrogen (secondary N) is 1. The molecule has 0 fully saturated rings. The first-order valence-electron chi connectivity index (χ1n) is 9.76. The largest absolute Gasteiger partial charge is 0.486 e. The van der Waals surface area contributed by atoms with Gasteiger partial charge in [-0.2, -0.15) is 0 Å². The van der Waals surface area contributed by atoms with Gasteiger partial charge in [0.15, 0.2) is 11.5 Å². The van der Waals surface area contributed by atoms with E-state index in [1.54, 1.807) is 48.5 Å². The molecule has 1 heterocycles. The summed E-state index contributed by atoms with van der Waals surface area (Å²) in [5, 5.41) is 2.77. The Balaban J connectivity index is 1.47. The lowest BCUT2D eigenvalue weighted by molar-refractivity contribution is -0.115. The van der Waals surface area contributed by atoms with Gasteiger partial charge in [0, 0.05) is 12.7 Å². The average molecular weight is 439 g/mol. The highest BCUT2D eigenvalue weighted by Crippen LogP contribution is 2.31. The molecule has 0 unspecified atom stereocenters. The zero-order chi connectivity index (χ0) is 21.8. The number of hydrogen-bond donors (Lipinski definition) is 1. The molecule has 31 heavy (non-hydrogen) atoms. The number of carbonyl (C=O) groups is 1. The van der Waals surface area contributed by atoms with Crippen molar-refractivity contribution in [2.75, 3.05) is 29.9 Å². The van der Waals surface area contributed by atoms with E-state index in [-0.39, 0.29) is 17.2 Å². The summed E-state index contributed by atoms with van der Waals surface area (Å²) in [5.41, 5.74) is 1.73. The third kappa shape index (κ3) is 4.64. The third-order valence-corrected chi connectivity index (χ3v) is 6.65. The second-order valence-corrected chi connectivity index (χ2v) is 9.01. The van der Waals surface area contributed by atoms with Crippen LogP contribution in [0, 0.1) is 0 Å². The molecule has 0 aliphatic carbocycles. The highest BCUT2D eigenvalue weighted by Gasteiger charge is 2.22. The number of amides is 1. The second-order valence-electron chi connectivity index (χ2n) is 7.04. The Hall–Kier alpha value is -3.52. The van der Waals surface area contributed by atoms with Gasteiger partial charge < -0.3 is 14.8 Å². The van der Waals surface area contributed by atoms with Gasteiger partial charge >= 0.3 is 0 Å². The van der Waals surface area contributed by atoms with Crippen LogP contribution in [0.3, 0.4) is 0 Å². The molecule has 3 aromatic rings. The molecule has 1 N–H and O–H groups in total. The van der Waals surface area contributed by atoms with Crippen molar-refractivity contribution in [2.24, 2.45) is 0 Å². The van der Waals surface area contributed by atoms with Crippen molar-refractivity contribution in [3.63, 3.8) is 0 Å². The molecule has 160 valence electrons. The zero-order valence-corrected chi connectivity index (χ0v) is 17.8. The smallest absolute Gasteiger partial charge is 0.264 e. The molecule has 1 amide bonds. The van der Waals surface area contributed by atoms with E-state index in [1.807, 2.05) is 12.1 Å². The zero-order valence-electron chi connectivity index (χ0n) is 16.9. The van der Waals surface area contributed by atoms with Crippen molar-refractivity contribution >= 4 is 27.3 Å². The van der Waals surface area contributed by atoms with E-state index in [1.165, 1.54) is 23.5 Å². The Bertz CT molecular complexity index is 1200. The number of sulfonamides is 1. The number of ether oxygens (including phenoxy) is 2. The molecule has 3 aromatic carbocycles. The molecule has 0 aromatic heterocycles. The van der Waals surface area contributed by atoms with Crippen molar-refractivity contribution in [2.45, 2.75) is 11.3 Å². The summed E-state index contributed by atoms with van der Waals surface area (Å²) in [6, 6.07) is 20.4. The Morgan fingerprint density at radius 3 is 2.45 bits per heavy atom. The van der Waals surface area contributed by atoms with Crippen LogP contribution in [0.4, 0.5) is 11.4 Å². The monoisotopic (exact) mass is 438 g/mol. The van der Waals surface area contributed by atoms with Gasteiger partial charge in [0.05, 0.1) is 17.0 Å². The van der Waals surface area contributed by atoms with Gasteiger partial charge in [0.1, 0.15) is 13.2 Å². The predicted octanol–water partition coefficient (Wildman–Crippen LogP) is 3.46. The van der Waals surface area contributed by atoms with Gasteiger partial charge in [-0.05, 0) is 48.0 Å². The van der Waals surface area contributed by atoms with Crippen LogP contribution in [0.2, 0.25) is 0 Å². The Labute approximate surface area is 181 Å². The lowest BCUT2D eigenvalue weighted by atomic mass is 10.1. The fourth-order valence-electron chi connectivity index (χ4n) is 3.26. The summed E-state index contributed by atoms with van der Waals surface area (Å²) < 4.78 is 38.2. The van der Waals surface area contributed by atoms with Crippen LogP contribution in [0.1, 0.15) is 5.56 Å². The van der Waals surface area contributed by atoms with Crippen LogP contribution in [-0.2, 0) is 21.2 Å². The number of benzene rings is 3. The van der Waals surface area contributed by atoms with Gasteiger partial charge in [0.2, 0.25) is 5.91 Å². The minimum Gasteiger partial charge on any atom is -0.486 e. The first-order chi connectivity index (χ1) is 14.9. The quantitative estimate of drug-likeness (QED) is 0.637. The standard InChI is InChI=1S/C23H22N2O5S/c1-25(19-7-3-2-4-8-19)31(27,28)20-9-5-6-18(16-20)24-23(26)15-17-10-11-21-22(14-17)30-13-12-29-21/h2-11,14,16H,12-13,15H2,1H3,(H,24,26). The van der Waals surface area contributed by atoms with E-state index in [0.29, 0.717) is 36.1 Å². The van der Waals surface area contributed by atoms with E-state index in [0.717, 1.165) is 5.56 Å². The van der Waals surface area contributed by atoms with Crippen LogP contribution >= 0.6 is 0 Å². The first-order valence-corrected chi connectivity index (χ1v) is 11.2. The van der Waals surface area contributed by atoms with E-state index in [4.69, 9.17) is 9.47 Å². The van der Waals surface area contributed by atoms with Gasteiger partial charge in [-0.1, -0.05) is 30.3 Å². The molecule has 0 saturated carbocycles. The average Bonchev–Trinajstić information content (AvgIpc) is 2.79. The Morgan fingerprint density at radius 2 is 1.68 bits per heavy atom. The fraction of sp³-hybridized carbons (Fsp3) is 0.174. The molecule has 0 radical (unpaired) electrons. The number of para-hydroxylation sites is 1. The summed E-state index contributed by atoms with van der Waals surface area (Å²) >= 11 is 0. The summed E-state index contributed by atoms with van der Waals surface area (Å²) in [6.07, 6.45) is 0.123. The molecule has 1 aliphatic heterocycles. The van der Waals surface area contributed by atoms with Crippen LogP contribution in [0.5, 0.6) is 11.5 Å². The normalized spacial score (nSPS) is 12.8. The summed E-state index contributed by atoms with van der Waals surface area (Å²) in [4.78, 5) is 12.6. The van der Waals surface area contributed by atoms with Crippen LogP contribution in [0.15, 0.2) is 77.7 Å². The van der Waals surface area contributed by atoms with Crippen molar-refractivity contribution < 1.29 is 22.7 Å². The Morgan fingerprint density at radius 1 is 0.935 bits per heavy atom. The lowest BCUT2D eigenvalue weighted by Gasteiger charge is -2.20. The number of fused-ring (bicyclic) bond motifs is 1. The second kappa shape index (κ2) is 8.69. The molecule has 1 aliphatic rings. The Kier molecular flexibility index (Phi) is 5.81. The summed E-state index contributed by atoms with van der Waals surface area (Å²) in [7, 11) is -2.27. The van der Waals surface area contributed by atoms with E-state index < -0.39 is 10.0 Å². The maximum Gasteiger partial charge on any atom is 0.264 e. The predicted molar refractivity (Wildman–Crippen MR) is 118 cm³/mol. The molecule has 0 atom stereocenters. The van der Waals surface area contributed by atoms with Gasteiger partial charge in [-0.25, -0.2) is 8.42 Å². The molecular weight excluding hydrogens is 416 g/mol. The topological polar surface area (TPSA) is 84.9 Å². The van der Waals surface area contributed by atoms with Crippen molar-refractivity contribution in [3.05, 3.63) is 78.4 Å². The highest BCUT2D eigenvalue weighted by molar-refractivity contribution is 7.92. The van der Waals surface area contributed by atoms with Crippen molar-refractivity contribution in [1.29, 1.82) is 0 Å². The molecule has 0 bridgehead atoms. The molecule has 0 saturated heterocycles. The molecule has 4 rings (SSSR count). The summed E-state index contributed by atoms with van der Waals surface area (Å²) in [6.45, 7) is 0.979. The third-order valence-electron chi connectivity index (χ3n) is 4.87. The number of rotatable bonds is 6. The van der Waals surface area contributed by atoms with Crippen molar-refractivity contribution in [1.82, 2.24) is 0 Å². The fourth-order valence-corrected chi connectivity index (χ4v) is 4.50. The number of hydrogen-bond acceptors (Lipinski definition) is 5. The van der Waals surface area contributed by atoms with Crippen molar-refractivity contribution in [3.8, 4) is 11.5 Å². The minimum atomic E-state index is -3.77. The van der Waals surface area contributed by atoms with Gasteiger partial charge in [0.25, 0.3) is 10.0 Å². The minimum absolute atomic E-state index is 0.0935. The van der Waals surface area contributed by atoms with Crippen LogP contribution < -0.4 is 19.1 Å². The first kappa shape index (κ1) is 20.7. The van der Waals surface area contributed by atoms with Gasteiger partial charge in [-0.3, -0.25) is 9.10 Å². The molecular formula is C23H22N2O5S. The van der Waals surface area contributed by atoms with Crippen LogP contribution in [0.25, 0.3) is 0 Å². The highest BCUT2D eigenvalue weighted by atomic mass is 32.2. The van der Waals surface area contributed by atoms with E-state index in [9.17, 15) is 13.2 Å². The van der Waals surface area contributed by atoms with Gasteiger partial charge in [-0.15, -0.1) is 0 Å². The van der Waals surface area contributed by atoms with Crippen LogP contribution in [-0.4, -0.2) is 34.6 Å². The maximum atomic E-state index is 13.0. The SMILES string of the molecule is CN(c1ccccc1)S(=O)(=O)c1cccc(NC(=O)Cc2ccc3c(c2)OCCO3)c1. The molecule has 8 heteroatoms. The maximum absolute atomic E-state index is 13.0. The number of carbonyl (C=O) groups excluding carboxylic acids is 1. The lowest BCUT2D eigenvalue weighted by Crippen LogP contribution is -2.26. The number of anilines is 2.